The van der Waals surface area contributed by atoms with Gasteiger partial charge in [-0.1, -0.05) is 65.9 Å². The lowest BCUT2D eigenvalue weighted by Crippen LogP contribution is -2.59. The Hall–Kier alpha value is -4.06. The van der Waals surface area contributed by atoms with E-state index in [1.807, 2.05) is 65.7 Å². The smallest absolute Gasteiger partial charge is 0.316 e. The fraction of sp³-hybridized carbons (Fsp3) is 0.660. The number of fused-ring (bicyclic) bond motifs is 3. The number of ether oxygens (including phenoxy) is 6. The van der Waals surface area contributed by atoms with E-state index in [9.17, 15) is 28.7 Å². The summed E-state index contributed by atoms with van der Waals surface area (Å²) in [5.41, 5.74) is 6.13. The average Bonchev–Trinajstić information content (AvgIpc) is 4.04. The molecule has 0 spiro atoms. The van der Waals surface area contributed by atoms with Crippen molar-refractivity contribution in [2.75, 3.05) is 39.7 Å². The van der Waals surface area contributed by atoms with Crippen LogP contribution in [-0.4, -0.2) is 144 Å². The molecule has 4 saturated heterocycles. The predicted molar refractivity (Wildman–Crippen MR) is 248 cm³/mol. The summed E-state index contributed by atoms with van der Waals surface area (Å²) in [5, 5.41) is 20.6. The number of likely N-dealkylation sites (N-methyl/N-ethyl adjacent to an activating group) is 1. The van der Waals surface area contributed by atoms with Crippen LogP contribution in [0.3, 0.4) is 0 Å². The van der Waals surface area contributed by atoms with Crippen LogP contribution in [0, 0.1) is 23.7 Å². The van der Waals surface area contributed by atoms with E-state index in [0.717, 1.165) is 16.7 Å². The lowest BCUT2D eigenvalue weighted by atomic mass is 9.71. The first-order valence-corrected chi connectivity index (χ1v) is 24.2. The number of esters is 2. The summed E-state index contributed by atoms with van der Waals surface area (Å²) in [4.78, 5) is 65.2. The molecule has 366 valence electrons. The number of ketones is 2. The summed E-state index contributed by atoms with van der Waals surface area (Å²) < 4.78 is 52.3. The molecule has 4 aliphatic heterocycles. The van der Waals surface area contributed by atoms with Crippen molar-refractivity contribution in [3.8, 4) is 11.1 Å². The molecular weight excluding hydrogens is 984 g/mol. The Morgan fingerprint density at radius 1 is 1.07 bits per heavy atom. The molecule has 67 heavy (non-hydrogen) atoms. The van der Waals surface area contributed by atoms with Crippen molar-refractivity contribution < 1.29 is 57.1 Å². The van der Waals surface area contributed by atoms with Gasteiger partial charge in [0, 0.05) is 68.0 Å². The number of cyclic esters (lactones) is 1. The number of hydrogen-bond acceptors (Lipinski definition) is 17. The maximum absolute atomic E-state index is 14.8. The monoisotopic (exact) mass is 1050 g/mol. The third kappa shape index (κ3) is 10.4. The zero-order chi connectivity index (χ0) is 48.5. The minimum absolute atomic E-state index is 0.0160. The molecular formula is C47H63FIN7O11. The Labute approximate surface area is 403 Å². The van der Waals surface area contributed by atoms with Gasteiger partial charge in [-0.15, -0.1) is 5.10 Å². The molecule has 2 aromatic heterocycles. The summed E-state index contributed by atoms with van der Waals surface area (Å²) in [6.45, 7) is 10.1. The second kappa shape index (κ2) is 20.9. The van der Waals surface area contributed by atoms with Crippen molar-refractivity contribution in [1.29, 1.82) is 0 Å². The number of benzene rings is 1. The molecule has 0 unspecified atom stereocenters. The van der Waals surface area contributed by atoms with E-state index < -0.39 is 106 Å². The number of aliphatic hydroxyl groups excluding tert-OH is 1. The predicted octanol–water partition coefficient (Wildman–Crippen LogP) is 4.61. The number of carbonyl (C=O) groups is 4. The van der Waals surface area contributed by atoms with Gasteiger partial charge >= 0.3 is 11.9 Å². The van der Waals surface area contributed by atoms with Crippen LogP contribution in [0.2, 0.25) is 0 Å². The second-order valence-corrected chi connectivity index (χ2v) is 20.3. The number of aliphatic hydroxyl groups is 1. The minimum Gasteiger partial charge on any atom is -0.458 e. The number of anilines is 1. The molecule has 0 saturated carbocycles. The van der Waals surface area contributed by atoms with Gasteiger partial charge in [0.05, 0.1) is 34.4 Å². The zero-order valence-electron chi connectivity index (χ0n) is 39.3. The molecule has 2 bridgehead atoms. The Balaban J connectivity index is 1.05. The van der Waals surface area contributed by atoms with Crippen LogP contribution in [0.5, 0.6) is 0 Å². The second-order valence-electron chi connectivity index (χ2n) is 19.0. The first-order chi connectivity index (χ1) is 31.8. The van der Waals surface area contributed by atoms with E-state index in [1.54, 1.807) is 46.3 Å². The van der Waals surface area contributed by atoms with Crippen LogP contribution >= 0.6 is 22.6 Å². The topological polar surface area (TPSA) is 230 Å². The highest BCUT2D eigenvalue weighted by molar-refractivity contribution is 14.1. The number of alkyl halides is 2. The SMILES string of the molecule is CC[C@H]1OC(=O)[C@H](C)C(=O)[C@H](I)[C@@H](O[C@@H]2O[C@H](C)C[C@H](N(C)CCc3cn([C@H](CF)[C@H](OC)c4ccc(-c5cnc(N)nc5)cc4)nn3)[C@H]2O)[C@@]2(C)C[C@@H](CO2)C(=O)[C@H](C)[C@H]2CC(=O)O[C@@]21C. The number of halogens is 2. The molecule has 4 aliphatic rings. The number of carbonyl (C=O) groups excluding carboxylic acids is 4. The Kier molecular flexibility index (Phi) is 15.8. The zero-order valence-corrected chi connectivity index (χ0v) is 41.4. The number of nitrogens with zero attached hydrogens (tertiary/aromatic N) is 6. The molecule has 6 heterocycles. The van der Waals surface area contributed by atoms with Crippen molar-refractivity contribution in [2.45, 2.75) is 138 Å². The molecule has 20 heteroatoms. The third-order valence-electron chi connectivity index (χ3n) is 14.4. The first kappa shape index (κ1) is 50.8. The van der Waals surface area contributed by atoms with Gasteiger partial charge < -0.3 is 44.2 Å². The van der Waals surface area contributed by atoms with Crippen LogP contribution in [0.1, 0.15) is 90.6 Å². The number of hydrogen-bond donors (Lipinski definition) is 2. The summed E-state index contributed by atoms with van der Waals surface area (Å²) >= 11 is 1.95. The molecule has 3 N–H and O–H groups in total. The van der Waals surface area contributed by atoms with Crippen molar-refractivity contribution in [1.82, 2.24) is 29.9 Å². The lowest BCUT2D eigenvalue weighted by Gasteiger charge is -2.45. The number of methoxy groups -OCH3 is 1. The van der Waals surface area contributed by atoms with Gasteiger partial charge in [0.15, 0.2) is 12.1 Å². The lowest BCUT2D eigenvalue weighted by molar-refractivity contribution is -0.286. The molecule has 18 nitrogen and oxygen atoms in total. The van der Waals surface area contributed by atoms with E-state index >= 15 is 0 Å². The highest BCUT2D eigenvalue weighted by Crippen LogP contribution is 2.47. The summed E-state index contributed by atoms with van der Waals surface area (Å²) in [7, 11) is 3.39. The van der Waals surface area contributed by atoms with Crippen molar-refractivity contribution in [2.24, 2.45) is 23.7 Å². The first-order valence-electron chi connectivity index (χ1n) is 23.0. The summed E-state index contributed by atoms with van der Waals surface area (Å²) in [5.74, 6) is -4.75. The van der Waals surface area contributed by atoms with E-state index in [-0.39, 0.29) is 43.7 Å². The van der Waals surface area contributed by atoms with E-state index in [0.29, 0.717) is 25.1 Å². The number of nitrogens with two attached hydrogens (primary N) is 1. The molecule has 3 aromatic rings. The average molecular weight is 1050 g/mol. The largest absolute Gasteiger partial charge is 0.458 e. The molecule has 0 aliphatic carbocycles. The Morgan fingerprint density at radius 3 is 2.43 bits per heavy atom. The van der Waals surface area contributed by atoms with Crippen LogP contribution < -0.4 is 5.73 Å². The van der Waals surface area contributed by atoms with E-state index in [1.165, 1.54) is 18.7 Å². The van der Waals surface area contributed by atoms with Crippen molar-refractivity contribution >= 4 is 52.0 Å². The quantitative estimate of drug-likeness (QED) is 0.103. The summed E-state index contributed by atoms with van der Waals surface area (Å²) in [6.07, 6.45) is 0.827. The minimum atomic E-state index is -1.27. The Morgan fingerprint density at radius 2 is 1.78 bits per heavy atom. The highest BCUT2D eigenvalue weighted by atomic mass is 127. The van der Waals surface area contributed by atoms with Crippen LogP contribution in [0.4, 0.5) is 10.3 Å². The Bertz CT molecular complexity index is 2240. The van der Waals surface area contributed by atoms with Gasteiger partial charge in [-0.25, -0.2) is 19.0 Å². The normalized spacial score (nSPS) is 34.9. The van der Waals surface area contributed by atoms with Gasteiger partial charge in [-0.2, -0.15) is 0 Å². The van der Waals surface area contributed by atoms with Crippen molar-refractivity contribution in [3.63, 3.8) is 0 Å². The van der Waals surface area contributed by atoms with Gasteiger partial charge in [-0.05, 0) is 65.1 Å². The van der Waals surface area contributed by atoms with Crippen LogP contribution in [0.15, 0.2) is 42.9 Å². The molecule has 4 fully saturated rings. The fourth-order valence-electron chi connectivity index (χ4n) is 10.4. The van der Waals surface area contributed by atoms with Crippen LogP contribution in [-0.2, 0) is 54.0 Å². The fourth-order valence-corrected chi connectivity index (χ4v) is 11.8. The standard InChI is InChI=1S/C47H63FIN7O11/c1-9-35-47(6)32(17-36(57)67-47)25(3)38(58)29-18-46(5,63-23-29)42(37(49)39(59)26(4)43(61)65-35)66-44-40(60)33(16-24(2)64-44)55(7)15-14-31-22-56(54-53-31)34(19-48)41(62-8)28-12-10-27(11-13-28)30-20-51-45(50)52-21-30/h10-13,20-22,24-26,29,32-35,37,40-42,44,60H,9,14-19,23H2,1-8H3,(H2,50,51,52)/t24-,25-,26-,29+,32-,33+,34-,35-,37+,40-,41-,42-,44+,46-,47+/m1/s1. The molecule has 1 aromatic carbocycles. The van der Waals surface area contributed by atoms with Crippen molar-refractivity contribution in [3.05, 3.63) is 54.1 Å². The van der Waals surface area contributed by atoms with E-state index in [2.05, 4.69) is 20.3 Å². The number of nitrogen functional groups attached to an aromatic ring is 1. The number of rotatable bonds is 13. The molecule has 7 rings (SSSR count). The number of aromatic nitrogens is 5. The highest BCUT2D eigenvalue weighted by Gasteiger charge is 2.59. The van der Waals surface area contributed by atoms with Crippen LogP contribution in [0.25, 0.3) is 11.1 Å². The number of Topliss-reactive ketones (excluding diaryl/α,β-unsaturated/α-hetero) is 2. The van der Waals surface area contributed by atoms with Gasteiger partial charge in [0.25, 0.3) is 0 Å². The molecule has 0 amide bonds. The maximum Gasteiger partial charge on any atom is 0.316 e. The van der Waals surface area contributed by atoms with Gasteiger partial charge in [0.2, 0.25) is 5.95 Å². The maximum atomic E-state index is 14.8. The van der Waals surface area contributed by atoms with E-state index in [4.69, 9.17) is 34.2 Å². The third-order valence-corrected chi connectivity index (χ3v) is 15.7. The van der Waals surface area contributed by atoms with Gasteiger partial charge in [0.1, 0.15) is 54.4 Å². The summed E-state index contributed by atoms with van der Waals surface area (Å²) in [6, 6.07) is 6.20. The van der Waals surface area contributed by atoms with Gasteiger partial charge in [-0.3, -0.25) is 19.2 Å². The molecule has 0 radical (unpaired) electrons. The molecule has 15 atom stereocenters.